The van der Waals surface area contributed by atoms with Gasteiger partial charge in [-0.2, -0.15) is 0 Å². The minimum atomic E-state index is -0.777. The standard InChI is InChI=1S/C18H20N2O5S/c1-9(2)15-7-12(16(19)21)18(26-15)20-17(22)10(3)25-11-4-5-13-14(6-11)24-8-23-13/h4-7,9-10H,8H2,1-3H3,(H2,19,21)(H,20,22)/t10-/m1/s1. The number of carbonyl (C=O) groups excluding carboxylic acids is 2. The second-order valence-corrected chi connectivity index (χ2v) is 7.26. The van der Waals surface area contributed by atoms with Crippen molar-refractivity contribution in [3.05, 3.63) is 34.7 Å². The van der Waals surface area contributed by atoms with E-state index in [2.05, 4.69) is 5.32 Å². The Morgan fingerprint density at radius 3 is 2.62 bits per heavy atom. The van der Waals surface area contributed by atoms with Gasteiger partial charge >= 0.3 is 0 Å². The van der Waals surface area contributed by atoms with E-state index in [9.17, 15) is 9.59 Å². The molecule has 0 saturated carbocycles. The highest BCUT2D eigenvalue weighted by Crippen LogP contribution is 2.36. The van der Waals surface area contributed by atoms with Crippen molar-refractivity contribution in [2.45, 2.75) is 32.8 Å². The summed E-state index contributed by atoms with van der Waals surface area (Å²) in [6.07, 6.45) is -0.777. The van der Waals surface area contributed by atoms with Crippen LogP contribution >= 0.6 is 11.3 Å². The Hall–Kier alpha value is -2.74. The summed E-state index contributed by atoms with van der Waals surface area (Å²) in [5.41, 5.74) is 5.72. The molecule has 0 bridgehead atoms. The molecule has 1 aliphatic heterocycles. The van der Waals surface area contributed by atoms with E-state index >= 15 is 0 Å². The fourth-order valence-corrected chi connectivity index (χ4v) is 3.46. The van der Waals surface area contributed by atoms with Crippen LogP contribution < -0.4 is 25.3 Å². The van der Waals surface area contributed by atoms with Gasteiger partial charge in [0.25, 0.3) is 11.8 Å². The summed E-state index contributed by atoms with van der Waals surface area (Å²) >= 11 is 1.34. The van der Waals surface area contributed by atoms with E-state index in [4.69, 9.17) is 19.9 Å². The van der Waals surface area contributed by atoms with Crippen molar-refractivity contribution in [1.82, 2.24) is 0 Å². The van der Waals surface area contributed by atoms with Crippen LogP contribution in [0.1, 0.15) is 41.9 Å². The lowest BCUT2D eigenvalue weighted by atomic mass is 10.1. The Balaban J connectivity index is 1.70. The summed E-state index contributed by atoms with van der Waals surface area (Å²) in [7, 11) is 0. The number of nitrogens with one attached hydrogen (secondary N) is 1. The average Bonchev–Trinajstić information content (AvgIpc) is 3.20. The summed E-state index contributed by atoms with van der Waals surface area (Å²) < 4.78 is 16.2. The van der Waals surface area contributed by atoms with Crippen LogP contribution in [0.15, 0.2) is 24.3 Å². The van der Waals surface area contributed by atoms with Gasteiger partial charge in [-0.1, -0.05) is 13.8 Å². The average molecular weight is 376 g/mol. The summed E-state index contributed by atoms with van der Waals surface area (Å²) in [4.78, 5) is 25.1. The Kier molecular flexibility index (Phi) is 5.03. The third-order valence-corrected chi connectivity index (χ3v) is 5.20. The molecule has 0 saturated heterocycles. The van der Waals surface area contributed by atoms with Crippen LogP contribution in [0.3, 0.4) is 0 Å². The number of ether oxygens (including phenoxy) is 3. The van der Waals surface area contributed by atoms with Crippen LogP contribution in [-0.2, 0) is 4.79 Å². The molecule has 0 aliphatic carbocycles. The molecule has 0 fully saturated rings. The van der Waals surface area contributed by atoms with Crippen LogP contribution in [-0.4, -0.2) is 24.7 Å². The third-order valence-electron chi connectivity index (χ3n) is 3.85. The highest BCUT2D eigenvalue weighted by atomic mass is 32.1. The molecule has 2 aromatic rings. The van der Waals surface area contributed by atoms with Crippen molar-refractivity contribution < 1.29 is 23.8 Å². The molecule has 2 amide bonds. The largest absolute Gasteiger partial charge is 0.481 e. The smallest absolute Gasteiger partial charge is 0.265 e. The predicted octanol–water partition coefficient (Wildman–Crippen LogP) is 3.11. The zero-order valence-electron chi connectivity index (χ0n) is 14.7. The lowest BCUT2D eigenvalue weighted by Crippen LogP contribution is -2.30. The minimum Gasteiger partial charge on any atom is -0.481 e. The number of rotatable bonds is 6. The molecule has 1 atom stereocenters. The van der Waals surface area contributed by atoms with Gasteiger partial charge in [0.15, 0.2) is 17.6 Å². The van der Waals surface area contributed by atoms with Gasteiger partial charge in [-0.15, -0.1) is 11.3 Å². The van der Waals surface area contributed by atoms with Gasteiger partial charge in [-0.05, 0) is 31.0 Å². The number of nitrogens with two attached hydrogens (primary N) is 1. The summed E-state index contributed by atoms with van der Waals surface area (Å²) in [6.45, 7) is 5.81. The van der Waals surface area contributed by atoms with E-state index in [1.807, 2.05) is 13.8 Å². The number of carbonyl (C=O) groups is 2. The summed E-state index contributed by atoms with van der Waals surface area (Å²) in [5.74, 6) is 0.980. The van der Waals surface area contributed by atoms with Gasteiger partial charge in [0, 0.05) is 10.9 Å². The monoisotopic (exact) mass is 376 g/mol. The SMILES string of the molecule is CC(C)c1cc(C(N)=O)c(NC(=O)[C@@H](C)Oc2ccc3c(c2)OCO3)s1. The Bertz CT molecular complexity index is 846. The van der Waals surface area contributed by atoms with Crippen LogP contribution in [0, 0.1) is 0 Å². The van der Waals surface area contributed by atoms with E-state index in [1.165, 1.54) is 11.3 Å². The van der Waals surface area contributed by atoms with E-state index in [-0.39, 0.29) is 18.6 Å². The molecule has 0 spiro atoms. The number of benzene rings is 1. The predicted molar refractivity (Wildman–Crippen MR) is 98.2 cm³/mol. The van der Waals surface area contributed by atoms with Crippen molar-refractivity contribution in [3.63, 3.8) is 0 Å². The molecule has 2 heterocycles. The third kappa shape index (κ3) is 3.75. The van der Waals surface area contributed by atoms with Crippen molar-refractivity contribution in [2.24, 2.45) is 5.73 Å². The molecule has 3 N–H and O–H groups in total. The number of hydrogen-bond acceptors (Lipinski definition) is 6. The van der Waals surface area contributed by atoms with Gasteiger partial charge in [0.1, 0.15) is 10.8 Å². The zero-order chi connectivity index (χ0) is 18.8. The summed E-state index contributed by atoms with van der Waals surface area (Å²) in [5, 5.41) is 3.17. The maximum absolute atomic E-state index is 12.5. The van der Waals surface area contributed by atoms with Gasteiger partial charge in [0.05, 0.1) is 5.56 Å². The molecule has 7 nitrogen and oxygen atoms in total. The molecule has 0 radical (unpaired) electrons. The van der Waals surface area contributed by atoms with Gasteiger partial charge in [0.2, 0.25) is 6.79 Å². The van der Waals surface area contributed by atoms with Crippen molar-refractivity contribution in [2.75, 3.05) is 12.1 Å². The summed E-state index contributed by atoms with van der Waals surface area (Å²) in [6, 6.07) is 6.81. The van der Waals surface area contributed by atoms with Crippen LogP contribution in [0.4, 0.5) is 5.00 Å². The number of hydrogen-bond donors (Lipinski definition) is 2. The van der Waals surface area contributed by atoms with E-state index < -0.39 is 12.0 Å². The minimum absolute atomic E-state index is 0.168. The van der Waals surface area contributed by atoms with Gasteiger partial charge < -0.3 is 25.3 Å². The Morgan fingerprint density at radius 2 is 1.92 bits per heavy atom. The lowest BCUT2D eigenvalue weighted by molar-refractivity contribution is -0.122. The fourth-order valence-electron chi connectivity index (χ4n) is 2.39. The van der Waals surface area contributed by atoms with E-state index in [1.54, 1.807) is 31.2 Å². The number of fused-ring (bicyclic) bond motifs is 1. The van der Waals surface area contributed by atoms with Crippen LogP contribution in [0.5, 0.6) is 17.2 Å². The molecule has 0 unspecified atom stereocenters. The highest BCUT2D eigenvalue weighted by Gasteiger charge is 2.22. The van der Waals surface area contributed by atoms with Gasteiger partial charge in [-0.25, -0.2) is 0 Å². The van der Waals surface area contributed by atoms with E-state index in [0.29, 0.717) is 27.8 Å². The first-order chi connectivity index (χ1) is 12.3. The number of amides is 2. The molecule has 3 rings (SSSR count). The van der Waals surface area contributed by atoms with Crippen molar-refractivity contribution in [3.8, 4) is 17.2 Å². The molecule has 8 heteroatoms. The van der Waals surface area contributed by atoms with Gasteiger partial charge in [-0.3, -0.25) is 9.59 Å². The van der Waals surface area contributed by atoms with Crippen molar-refractivity contribution >= 4 is 28.2 Å². The molecule has 26 heavy (non-hydrogen) atoms. The number of anilines is 1. The topological polar surface area (TPSA) is 99.9 Å². The Morgan fingerprint density at radius 1 is 1.19 bits per heavy atom. The van der Waals surface area contributed by atoms with Crippen molar-refractivity contribution in [1.29, 1.82) is 0 Å². The first kappa shape index (κ1) is 18.1. The first-order valence-corrected chi connectivity index (χ1v) is 8.97. The Labute approximate surface area is 155 Å². The fraction of sp³-hybridized carbons (Fsp3) is 0.333. The maximum atomic E-state index is 12.5. The molecule has 1 aliphatic rings. The highest BCUT2D eigenvalue weighted by molar-refractivity contribution is 7.16. The maximum Gasteiger partial charge on any atom is 0.265 e. The quantitative estimate of drug-likeness (QED) is 0.807. The van der Waals surface area contributed by atoms with E-state index in [0.717, 1.165) is 4.88 Å². The molecular weight excluding hydrogens is 356 g/mol. The molecule has 1 aromatic heterocycles. The molecule has 1 aromatic carbocycles. The molecular formula is C18H20N2O5S. The first-order valence-electron chi connectivity index (χ1n) is 8.16. The number of primary amides is 1. The normalized spacial score (nSPS) is 13.5. The second kappa shape index (κ2) is 7.25. The zero-order valence-corrected chi connectivity index (χ0v) is 15.5. The van der Waals surface area contributed by atoms with Crippen LogP contribution in [0.25, 0.3) is 0 Å². The molecule has 138 valence electrons. The lowest BCUT2D eigenvalue weighted by Gasteiger charge is -2.14. The van der Waals surface area contributed by atoms with Crippen LogP contribution in [0.2, 0.25) is 0 Å². The second-order valence-electron chi connectivity index (χ2n) is 6.17. The number of thiophene rings is 1.